The van der Waals surface area contributed by atoms with E-state index in [4.69, 9.17) is 9.15 Å². The zero-order valence-electron chi connectivity index (χ0n) is 16.4. The fourth-order valence-corrected chi connectivity index (χ4v) is 3.86. The lowest BCUT2D eigenvalue weighted by Crippen LogP contribution is -2.36. The number of carbonyl (C=O) groups is 1. The van der Waals surface area contributed by atoms with Crippen LogP contribution in [-0.4, -0.2) is 25.6 Å². The molecule has 0 bridgehead atoms. The van der Waals surface area contributed by atoms with Crippen molar-refractivity contribution >= 4 is 34.5 Å². The van der Waals surface area contributed by atoms with Crippen molar-refractivity contribution in [1.82, 2.24) is 4.72 Å². The van der Waals surface area contributed by atoms with Gasteiger partial charge in [-0.25, -0.2) is 4.39 Å². The number of hydrogen-bond acceptors (Lipinski definition) is 5. The van der Waals surface area contributed by atoms with Crippen molar-refractivity contribution in [2.75, 3.05) is 24.6 Å². The summed E-state index contributed by atoms with van der Waals surface area (Å²) in [6.45, 7) is 3.60. The number of rotatable bonds is 6. The molecule has 1 aromatic heterocycles. The van der Waals surface area contributed by atoms with Gasteiger partial charge in [-0.15, -0.1) is 0 Å². The number of carbonyl (C=O) groups excluding carboxylic acids is 1. The summed E-state index contributed by atoms with van der Waals surface area (Å²) >= 11 is 0.669. The van der Waals surface area contributed by atoms with E-state index in [0.29, 0.717) is 17.6 Å². The second-order valence-corrected chi connectivity index (χ2v) is 7.76. The highest BCUT2D eigenvalue weighted by Gasteiger charge is 2.31. The average Bonchev–Trinajstić information content (AvgIpc) is 3.10. The minimum atomic E-state index is -4.53. The first-order chi connectivity index (χ1) is 14.8. The molecule has 10 heteroatoms. The van der Waals surface area contributed by atoms with E-state index in [9.17, 15) is 22.4 Å². The summed E-state index contributed by atoms with van der Waals surface area (Å²) in [6, 6.07) is 7.35. The van der Waals surface area contributed by atoms with E-state index in [1.165, 1.54) is 18.2 Å². The average molecular weight is 454 g/mol. The summed E-state index contributed by atoms with van der Waals surface area (Å²) in [5.41, 5.74) is 0.0420. The van der Waals surface area contributed by atoms with Gasteiger partial charge in [-0.2, -0.15) is 13.2 Å². The Morgan fingerprint density at radius 2 is 2.00 bits per heavy atom. The highest BCUT2D eigenvalue weighted by molar-refractivity contribution is 7.98. The molecule has 1 aliphatic rings. The Morgan fingerprint density at radius 3 is 2.65 bits per heavy atom. The van der Waals surface area contributed by atoms with Crippen LogP contribution in [0, 0.1) is 5.82 Å². The standard InChI is InChI=1S/C21H18F4N2O3S/c1-2-29-16-5-4-12(21(23,24)25)8-19(16)31-26-20(28)18-11-14-15(22)9-13(10-17(14)30-18)27-6-3-7-27/h4-5,8-11H,2-3,6-7H2,1H3,(H,26,28). The van der Waals surface area contributed by atoms with Crippen molar-refractivity contribution in [3.8, 4) is 5.75 Å². The van der Waals surface area contributed by atoms with Crippen LogP contribution < -0.4 is 14.4 Å². The number of nitrogens with zero attached hydrogens (tertiary/aromatic N) is 1. The molecule has 0 radical (unpaired) electrons. The van der Waals surface area contributed by atoms with E-state index in [0.717, 1.165) is 31.6 Å². The van der Waals surface area contributed by atoms with Crippen molar-refractivity contribution in [3.05, 3.63) is 53.5 Å². The SMILES string of the molecule is CCOc1ccc(C(F)(F)F)cc1SNC(=O)c1cc2c(F)cc(N3CCC3)cc2o1. The van der Waals surface area contributed by atoms with Crippen LogP contribution >= 0.6 is 11.9 Å². The predicted molar refractivity (Wildman–Crippen MR) is 109 cm³/mol. The Hall–Kier alpha value is -2.88. The highest BCUT2D eigenvalue weighted by Crippen LogP contribution is 2.36. The van der Waals surface area contributed by atoms with Gasteiger partial charge in [-0.1, -0.05) is 0 Å². The van der Waals surface area contributed by atoms with Crippen LogP contribution in [0.15, 0.2) is 45.7 Å². The number of benzene rings is 2. The van der Waals surface area contributed by atoms with Crippen LogP contribution in [0.4, 0.5) is 23.2 Å². The fourth-order valence-electron chi connectivity index (χ4n) is 3.14. The molecule has 1 saturated heterocycles. The van der Waals surface area contributed by atoms with E-state index < -0.39 is 23.5 Å². The maximum atomic E-state index is 14.4. The molecule has 3 aromatic rings. The number of furan rings is 1. The summed E-state index contributed by atoms with van der Waals surface area (Å²) < 4.78 is 66.8. The van der Waals surface area contributed by atoms with Crippen LogP contribution in [0.3, 0.4) is 0 Å². The number of fused-ring (bicyclic) bond motifs is 1. The molecular formula is C21H18F4N2O3S. The number of ether oxygens (including phenoxy) is 1. The third-order valence-electron chi connectivity index (χ3n) is 4.84. The molecule has 0 unspecified atom stereocenters. The Kier molecular flexibility index (Phi) is 5.74. The first-order valence-electron chi connectivity index (χ1n) is 9.55. The van der Waals surface area contributed by atoms with Gasteiger partial charge >= 0.3 is 6.18 Å². The van der Waals surface area contributed by atoms with Gasteiger partial charge in [0.2, 0.25) is 0 Å². The van der Waals surface area contributed by atoms with Gasteiger partial charge in [0, 0.05) is 30.9 Å². The highest BCUT2D eigenvalue weighted by atomic mass is 32.2. The first kappa shape index (κ1) is 21.4. The largest absolute Gasteiger partial charge is 0.493 e. The number of anilines is 1. The molecule has 2 heterocycles. The summed E-state index contributed by atoms with van der Waals surface area (Å²) in [6.07, 6.45) is -3.50. The van der Waals surface area contributed by atoms with Gasteiger partial charge in [0.15, 0.2) is 5.76 Å². The van der Waals surface area contributed by atoms with E-state index in [2.05, 4.69) is 4.72 Å². The topological polar surface area (TPSA) is 54.7 Å². The molecule has 164 valence electrons. The zero-order chi connectivity index (χ0) is 22.2. The number of alkyl halides is 3. The minimum Gasteiger partial charge on any atom is -0.493 e. The summed E-state index contributed by atoms with van der Waals surface area (Å²) in [5.74, 6) is -1.15. The van der Waals surface area contributed by atoms with Crippen molar-refractivity contribution < 1.29 is 31.5 Å². The zero-order valence-corrected chi connectivity index (χ0v) is 17.2. The number of amides is 1. The van der Waals surface area contributed by atoms with Gasteiger partial charge in [0.05, 0.1) is 22.5 Å². The third kappa shape index (κ3) is 4.43. The van der Waals surface area contributed by atoms with Gasteiger partial charge in [-0.3, -0.25) is 9.52 Å². The lowest BCUT2D eigenvalue weighted by molar-refractivity contribution is -0.137. The Morgan fingerprint density at radius 1 is 1.23 bits per heavy atom. The van der Waals surface area contributed by atoms with Crippen molar-refractivity contribution in [2.24, 2.45) is 0 Å². The summed E-state index contributed by atoms with van der Waals surface area (Å²) in [5, 5.41) is 0.161. The van der Waals surface area contributed by atoms with E-state index in [1.807, 2.05) is 4.90 Å². The number of halogens is 4. The van der Waals surface area contributed by atoms with Crippen molar-refractivity contribution in [2.45, 2.75) is 24.4 Å². The Labute approximate surface area is 179 Å². The van der Waals surface area contributed by atoms with Gasteiger partial charge in [0.25, 0.3) is 5.91 Å². The molecule has 31 heavy (non-hydrogen) atoms. The molecule has 5 nitrogen and oxygen atoms in total. The molecule has 0 spiro atoms. The van der Waals surface area contributed by atoms with Crippen molar-refractivity contribution in [3.63, 3.8) is 0 Å². The second kappa shape index (κ2) is 8.33. The van der Waals surface area contributed by atoms with Crippen LogP contribution in [0.25, 0.3) is 11.0 Å². The molecule has 4 rings (SSSR count). The van der Waals surface area contributed by atoms with Gasteiger partial charge in [0.1, 0.15) is 17.1 Å². The van der Waals surface area contributed by atoms with E-state index in [-0.39, 0.29) is 34.0 Å². The normalized spacial score (nSPS) is 13.9. The minimum absolute atomic E-state index is 0.0902. The number of nitrogens with one attached hydrogen (secondary N) is 1. The molecule has 1 fully saturated rings. The van der Waals surface area contributed by atoms with Crippen molar-refractivity contribution in [1.29, 1.82) is 0 Å². The van der Waals surface area contributed by atoms with Crippen LogP contribution in [0.5, 0.6) is 5.75 Å². The molecule has 1 amide bonds. The van der Waals surface area contributed by atoms with E-state index >= 15 is 0 Å². The van der Waals surface area contributed by atoms with Gasteiger partial charge < -0.3 is 14.1 Å². The summed E-state index contributed by atoms with van der Waals surface area (Å²) in [4.78, 5) is 14.6. The molecular weight excluding hydrogens is 436 g/mol. The monoisotopic (exact) mass is 454 g/mol. The lowest BCUT2D eigenvalue weighted by Gasteiger charge is -2.33. The molecule has 1 aliphatic heterocycles. The fraction of sp³-hybridized carbons (Fsp3) is 0.286. The Balaban J connectivity index is 1.54. The predicted octanol–water partition coefficient (Wildman–Crippen LogP) is 5.64. The van der Waals surface area contributed by atoms with Crippen LogP contribution in [0.2, 0.25) is 0 Å². The quantitative estimate of drug-likeness (QED) is 0.386. The summed E-state index contributed by atoms with van der Waals surface area (Å²) in [7, 11) is 0. The Bertz CT molecular complexity index is 1130. The maximum Gasteiger partial charge on any atom is 0.416 e. The van der Waals surface area contributed by atoms with E-state index in [1.54, 1.807) is 13.0 Å². The molecule has 1 N–H and O–H groups in total. The molecule has 2 aromatic carbocycles. The van der Waals surface area contributed by atoms with Gasteiger partial charge in [-0.05, 0) is 49.6 Å². The smallest absolute Gasteiger partial charge is 0.416 e. The number of hydrogen-bond donors (Lipinski definition) is 1. The molecule has 0 saturated carbocycles. The van der Waals surface area contributed by atoms with Crippen LogP contribution in [0.1, 0.15) is 29.5 Å². The molecule has 0 atom stereocenters. The lowest BCUT2D eigenvalue weighted by atomic mass is 10.1. The molecule has 0 aliphatic carbocycles. The first-order valence-corrected chi connectivity index (χ1v) is 10.4. The maximum absolute atomic E-state index is 14.4. The second-order valence-electron chi connectivity index (χ2n) is 6.92. The van der Waals surface area contributed by atoms with Crippen LogP contribution in [-0.2, 0) is 6.18 Å². The third-order valence-corrected chi connectivity index (χ3v) is 5.67.